The Labute approximate surface area is 160 Å². The first-order valence-electron chi connectivity index (χ1n) is 8.03. The SMILES string of the molecule is CC(C)S(=O)(=O)c1ccccc1C(=O)NCc1cn2cc(Br)ccc2n1. The fourth-order valence-electron chi connectivity index (χ4n) is 2.52. The standard InChI is InChI=1S/C18H18BrN3O3S/c1-12(2)26(24,25)16-6-4-3-5-15(16)18(23)20-9-14-11-22-10-13(19)7-8-17(22)21-14/h3-8,10-12H,9H2,1-2H3,(H,20,23). The van der Waals surface area contributed by atoms with Crippen LogP contribution in [0.3, 0.4) is 0 Å². The van der Waals surface area contributed by atoms with E-state index in [4.69, 9.17) is 0 Å². The van der Waals surface area contributed by atoms with Crippen molar-refractivity contribution in [3.63, 3.8) is 0 Å². The number of nitrogens with one attached hydrogen (secondary N) is 1. The van der Waals surface area contributed by atoms with Crippen molar-refractivity contribution in [2.24, 2.45) is 0 Å². The van der Waals surface area contributed by atoms with Crippen molar-refractivity contribution in [2.45, 2.75) is 30.5 Å². The number of hydrogen-bond acceptors (Lipinski definition) is 4. The lowest BCUT2D eigenvalue weighted by Gasteiger charge is -2.12. The number of nitrogens with zero attached hydrogens (tertiary/aromatic N) is 2. The molecule has 136 valence electrons. The number of imidazole rings is 1. The third-order valence-corrected chi connectivity index (χ3v) is 6.63. The summed E-state index contributed by atoms with van der Waals surface area (Å²) in [6, 6.07) is 10.00. The molecule has 0 fully saturated rings. The maximum absolute atomic E-state index is 12.6. The third kappa shape index (κ3) is 3.66. The van der Waals surface area contributed by atoms with Crippen LogP contribution in [-0.4, -0.2) is 29.0 Å². The fraction of sp³-hybridized carbons (Fsp3) is 0.222. The molecule has 26 heavy (non-hydrogen) atoms. The largest absolute Gasteiger partial charge is 0.346 e. The number of fused-ring (bicyclic) bond motifs is 1. The lowest BCUT2D eigenvalue weighted by atomic mass is 10.2. The van der Waals surface area contributed by atoms with Gasteiger partial charge >= 0.3 is 0 Å². The summed E-state index contributed by atoms with van der Waals surface area (Å²) in [6.45, 7) is 3.39. The minimum absolute atomic E-state index is 0.0476. The molecule has 1 N–H and O–H groups in total. The molecule has 2 aromatic heterocycles. The summed E-state index contributed by atoms with van der Waals surface area (Å²) < 4.78 is 27.7. The quantitative estimate of drug-likeness (QED) is 0.666. The Morgan fingerprint density at radius 1 is 1.19 bits per heavy atom. The van der Waals surface area contributed by atoms with Gasteiger partial charge in [-0.2, -0.15) is 0 Å². The highest BCUT2D eigenvalue weighted by molar-refractivity contribution is 9.10. The van der Waals surface area contributed by atoms with Crippen molar-refractivity contribution in [3.05, 3.63) is 64.5 Å². The molecule has 0 radical (unpaired) electrons. The first-order valence-corrected chi connectivity index (χ1v) is 10.4. The summed E-state index contributed by atoms with van der Waals surface area (Å²) in [6.07, 6.45) is 3.69. The first-order chi connectivity index (χ1) is 12.3. The van der Waals surface area contributed by atoms with E-state index >= 15 is 0 Å². The molecule has 1 amide bonds. The summed E-state index contributed by atoms with van der Waals surface area (Å²) in [5.74, 6) is -0.442. The maximum Gasteiger partial charge on any atom is 0.252 e. The monoisotopic (exact) mass is 435 g/mol. The van der Waals surface area contributed by atoms with E-state index in [0.29, 0.717) is 5.69 Å². The van der Waals surface area contributed by atoms with E-state index in [1.165, 1.54) is 12.1 Å². The molecule has 0 atom stereocenters. The molecule has 1 aromatic carbocycles. The molecule has 3 aromatic rings. The third-order valence-electron chi connectivity index (χ3n) is 3.95. The van der Waals surface area contributed by atoms with Gasteiger partial charge in [-0.05, 0) is 54.0 Å². The molecule has 8 heteroatoms. The van der Waals surface area contributed by atoms with Crippen molar-refractivity contribution >= 4 is 37.3 Å². The molecule has 0 spiro atoms. The average Bonchev–Trinajstić information content (AvgIpc) is 3.01. The van der Waals surface area contributed by atoms with Gasteiger partial charge in [0.25, 0.3) is 5.91 Å². The van der Waals surface area contributed by atoms with Crippen LogP contribution in [0.1, 0.15) is 29.9 Å². The zero-order valence-corrected chi connectivity index (χ0v) is 16.7. The van der Waals surface area contributed by atoms with Gasteiger partial charge in [-0.1, -0.05) is 12.1 Å². The number of amides is 1. The minimum Gasteiger partial charge on any atom is -0.346 e. The van der Waals surface area contributed by atoms with E-state index in [0.717, 1.165) is 10.1 Å². The number of aromatic nitrogens is 2. The van der Waals surface area contributed by atoms with Gasteiger partial charge in [0.15, 0.2) is 9.84 Å². The van der Waals surface area contributed by atoms with E-state index in [9.17, 15) is 13.2 Å². The van der Waals surface area contributed by atoms with Crippen molar-refractivity contribution in [1.82, 2.24) is 14.7 Å². The molecule has 0 saturated carbocycles. The Balaban J connectivity index is 1.82. The van der Waals surface area contributed by atoms with E-state index in [2.05, 4.69) is 26.2 Å². The second-order valence-electron chi connectivity index (χ2n) is 6.12. The summed E-state index contributed by atoms with van der Waals surface area (Å²) in [5.41, 5.74) is 1.59. The van der Waals surface area contributed by atoms with Crippen molar-refractivity contribution in [3.8, 4) is 0 Å². The van der Waals surface area contributed by atoms with Crippen LogP contribution in [0.15, 0.2) is 58.2 Å². The van der Waals surface area contributed by atoms with Gasteiger partial charge in [-0.25, -0.2) is 13.4 Å². The zero-order chi connectivity index (χ0) is 18.9. The first kappa shape index (κ1) is 18.6. The van der Waals surface area contributed by atoms with E-state index in [-0.39, 0.29) is 17.0 Å². The Hall–Kier alpha value is -2.19. The van der Waals surface area contributed by atoms with Crippen LogP contribution >= 0.6 is 15.9 Å². The van der Waals surface area contributed by atoms with Gasteiger partial charge in [-0.3, -0.25) is 4.79 Å². The molecule has 3 rings (SSSR count). The minimum atomic E-state index is -3.55. The molecule has 0 aliphatic rings. The number of sulfone groups is 1. The van der Waals surface area contributed by atoms with E-state index in [1.54, 1.807) is 26.0 Å². The molecule has 2 heterocycles. The normalized spacial score (nSPS) is 11.8. The number of pyridine rings is 1. The smallest absolute Gasteiger partial charge is 0.252 e. The highest BCUT2D eigenvalue weighted by atomic mass is 79.9. The van der Waals surface area contributed by atoms with Crippen LogP contribution in [-0.2, 0) is 16.4 Å². The Bertz CT molecular complexity index is 1070. The number of carbonyl (C=O) groups excluding carboxylic acids is 1. The van der Waals surface area contributed by atoms with E-state index in [1.807, 2.05) is 28.9 Å². The molecule has 0 bridgehead atoms. The highest BCUT2D eigenvalue weighted by Crippen LogP contribution is 2.20. The summed E-state index contributed by atoms with van der Waals surface area (Å²) in [4.78, 5) is 17.0. The van der Waals surface area contributed by atoms with Crippen LogP contribution in [0.25, 0.3) is 5.65 Å². The second kappa shape index (κ2) is 7.20. The van der Waals surface area contributed by atoms with Crippen LogP contribution in [0, 0.1) is 0 Å². The van der Waals surface area contributed by atoms with Gasteiger partial charge in [0, 0.05) is 16.9 Å². The number of benzene rings is 1. The van der Waals surface area contributed by atoms with Gasteiger partial charge < -0.3 is 9.72 Å². The Morgan fingerprint density at radius 2 is 1.92 bits per heavy atom. The average molecular weight is 436 g/mol. The molecule has 6 nitrogen and oxygen atoms in total. The fourth-order valence-corrected chi connectivity index (χ4v) is 4.12. The van der Waals surface area contributed by atoms with Gasteiger partial charge in [0.1, 0.15) is 5.65 Å². The molecule has 0 aliphatic carbocycles. The van der Waals surface area contributed by atoms with Crippen LogP contribution in [0.5, 0.6) is 0 Å². The molecule has 0 saturated heterocycles. The predicted octanol–water partition coefficient (Wildman–Crippen LogP) is 3.21. The molecular formula is C18H18BrN3O3S. The number of rotatable bonds is 5. The summed E-state index contributed by atoms with van der Waals surface area (Å²) >= 11 is 3.40. The number of hydrogen-bond donors (Lipinski definition) is 1. The van der Waals surface area contributed by atoms with Gasteiger partial charge in [-0.15, -0.1) is 0 Å². The lowest BCUT2D eigenvalue weighted by molar-refractivity contribution is 0.0947. The summed E-state index contributed by atoms with van der Waals surface area (Å²) in [5, 5.41) is 2.15. The van der Waals surface area contributed by atoms with Gasteiger partial charge in [0.2, 0.25) is 0 Å². The maximum atomic E-state index is 12.6. The van der Waals surface area contributed by atoms with Gasteiger partial charge in [0.05, 0.1) is 27.9 Å². The highest BCUT2D eigenvalue weighted by Gasteiger charge is 2.25. The summed E-state index contributed by atoms with van der Waals surface area (Å²) in [7, 11) is -3.55. The predicted molar refractivity (Wildman–Crippen MR) is 103 cm³/mol. The van der Waals surface area contributed by atoms with Crippen LogP contribution in [0.4, 0.5) is 0 Å². The molecular weight excluding hydrogens is 418 g/mol. The zero-order valence-electron chi connectivity index (χ0n) is 14.3. The molecule has 0 unspecified atom stereocenters. The Morgan fingerprint density at radius 3 is 2.65 bits per heavy atom. The van der Waals surface area contributed by atoms with E-state index < -0.39 is 21.0 Å². The topological polar surface area (TPSA) is 80.5 Å². The number of halogens is 1. The van der Waals surface area contributed by atoms with Crippen molar-refractivity contribution in [1.29, 1.82) is 0 Å². The van der Waals surface area contributed by atoms with Crippen molar-refractivity contribution in [2.75, 3.05) is 0 Å². The Kier molecular flexibility index (Phi) is 5.15. The lowest BCUT2D eigenvalue weighted by Crippen LogP contribution is -2.26. The molecule has 0 aliphatic heterocycles. The van der Waals surface area contributed by atoms with Crippen molar-refractivity contribution < 1.29 is 13.2 Å². The number of carbonyl (C=O) groups is 1. The van der Waals surface area contributed by atoms with Crippen LogP contribution in [0.2, 0.25) is 0 Å². The second-order valence-corrected chi connectivity index (χ2v) is 9.51. The van der Waals surface area contributed by atoms with Crippen LogP contribution < -0.4 is 5.32 Å².